The van der Waals surface area contributed by atoms with Gasteiger partial charge in [-0.05, 0) is 19.8 Å². The van der Waals surface area contributed by atoms with Gasteiger partial charge in [-0.3, -0.25) is 4.79 Å². The lowest BCUT2D eigenvalue weighted by Crippen LogP contribution is -2.39. The van der Waals surface area contributed by atoms with Crippen molar-refractivity contribution < 1.29 is 4.79 Å². The normalized spacial score (nSPS) is 15.2. The second-order valence-corrected chi connectivity index (χ2v) is 5.72. The third-order valence-corrected chi connectivity index (χ3v) is 3.91. The van der Waals surface area contributed by atoms with Crippen LogP contribution >= 0.6 is 11.8 Å². The van der Waals surface area contributed by atoms with Crippen LogP contribution in [-0.4, -0.2) is 61.0 Å². The summed E-state index contributed by atoms with van der Waals surface area (Å²) in [5.41, 5.74) is 0. The highest BCUT2D eigenvalue weighted by atomic mass is 32.2. The number of nitrogens with one attached hydrogen (secondary N) is 2. The van der Waals surface area contributed by atoms with Crippen molar-refractivity contribution >= 4 is 23.6 Å². The van der Waals surface area contributed by atoms with Gasteiger partial charge in [0.1, 0.15) is 6.54 Å². The predicted molar refractivity (Wildman–Crippen MR) is 87.3 cm³/mol. The van der Waals surface area contributed by atoms with Crippen molar-refractivity contribution in [1.29, 1.82) is 0 Å². The third kappa shape index (κ3) is 6.84. The predicted octanol–water partition coefficient (Wildman–Crippen LogP) is 1.08. The largest absolute Gasteiger partial charge is 0.357 e. The van der Waals surface area contributed by atoms with Gasteiger partial charge in [0.15, 0.2) is 5.96 Å². The van der Waals surface area contributed by atoms with Gasteiger partial charge in [0.05, 0.1) is 0 Å². The molecule has 1 aliphatic rings. The molecule has 0 atom stereocenters. The fourth-order valence-corrected chi connectivity index (χ4v) is 2.54. The summed E-state index contributed by atoms with van der Waals surface area (Å²) in [4.78, 5) is 18.2. The first kappa shape index (κ1) is 16.9. The number of guanidine groups is 1. The van der Waals surface area contributed by atoms with Gasteiger partial charge in [-0.1, -0.05) is 6.08 Å². The van der Waals surface area contributed by atoms with Crippen molar-refractivity contribution in [3.8, 4) is 0 Å². The summed E-state index contributed by atoms with van der Waals surface area (Å²) in [5.74, 6) is 2.80. The molecule has 20 heavy (non-hydrogen) atoms. The first-order chi connectivity index (χ1) is 9.77. The van der Waals surface area contributed by atoms with E-state index in [1.54, 1.807) is 0 Å². The highest BCUT2D eigenvalue weighted by molar-refractivity contribution is 7.99. The number of carbonyl (C=O) groups is 1. The molecule has 1 amide bonds. The molecule has 0 aromatic heterocycles. The molecule has 6 heteroatoms. The number of nitrogens with zero attached hydrogens (tertiary/aromatic N) is 2. The van der Waals surface area contributed by atoms with E-state index in [0.29, 0.717) is 0 Å². The van der Waals surface area contributed by atoms with Gasteiger partial charge >= 0.3 is 0 Å². The zero-order valence-corrected chi connectivity index (χ0v) is 13.2. The van der Waals surface area contributed by atoms with Crippen LogP contribution < -0.4 is 10.6 Å². The van der Waals surface area contributed by atoms with E-state index < -0.39 is 0 Å². The summed E-state index contributed by atoms with van der Waals surface area (Å²) >= 11 is 1.82. The van der Waals surface area contributed by atoms with Crippen molar-refractivity contribution in [2.45, 2.75) is 19.8 Å². The van der Waals surface area contributed by atoms with E-state index in [-0.39, 0.29) is 12.5 Å². The SMILES string of the molecule is C=CCSCCNC(=NCC(=O)N1CCCC1)NCC. The Balaban J connectivity index is 2.29. The zero-order valence-electron chi connectivity index (χ0n) is 12.4. The lowest BCUT2D eigenvalue weighted by Gasteiger charge is -2.15. The third-order valence-electron chi connectivity index (χ3n) is 2.95. The fourth-order valence-electron chi connectivity index (χ4n) is 1.96. The monoisotopic (exact) mass is 298 g/mol. The maximum atomic E-state index is 11.9. The molecule has 0 saturated carbocycles. The molecule has 0 bridgehead atoms. The van der Waals surface area contributed by atoms with Crippen LogP contribution in [0.25, 0.3) is 0 Å². The highest BCUT2D eigenvalue weighted by Gasteiger charge is 2.17. The van der Waals surface area contributed by atoms with Crippen molar-refractivity contribution in [2.75, 3.05) is 44.2 Å². The fraction of sp³-hybridized carbons (Fsp3) is 0.714. The van der Waals surface area contributed by atoms with Gasteiger partial charge in [-0.2, -0.15) is 11.8 Å². The standard InChI is InChI=1S/C14H26N4OS/c1-3-10-20-11-7-16-14(15-4-2)17-12-13(19)18-8-5-6-9-18/h3H,1,4-12H2,2H3,(H2,15,16,17). The lowest BCUT2D eigenvalue weighted by atomic mass is 10.4. The second-order valence-electron chi connectivity index (χ2n) is 4.57. The van der Waals surface area contributed by atoms with E-state index in [9.17, 15) is 4.79 Å². The molecular formula is C14H26N4OS. The number of carbonyl (C=O) groups excluding carboxylic acids is 1. The Morgan fingerprint density at radius 1 is 1.40 bits per heavy atom. The van der Waals surface area contributed by atoms with E-state index in [0.717, 1.165) is 56.5 Å². The van der Waals surface area contributed by atoms with Gasteiger partial charge in [0, 0.05) is 37.7 Å². The Kier molecular flexibility index (Phi) is 8.95. The summed E-state index contributed by atoms with van der Waals surface area (Å²) in [6, 6.07) is 0. The molecule has 2 N–H and O–H groups in total. The zero-order chi connectivity index (χ0) is 14.6. The van der Waals surface area contributed by atoms with E-state index in [2.05, 4.69) is 22.2 Å². The minimum Gasteiger partial charge on any atom is -0.357 e. The summed E-state index contributed by atoms with van der Waals surface area (Å²) in [7, 11) is 0. The van der Waals surface area contributed by atoms with Crippen molar-refractivity contribution in [3.05, 3.63) is 12.7 Å². The van der Waals surface area contributed by atoms with Gasteiger partial charge < -0.3 is 15.5 Å². The quantitative estimate of drug-likeness (QED) is 0.305. The van der Waals surface area contributed by atoms with Crippen LogP contribution in [0.2, 0.25) is 0 Å². The van der Waals surface area contributed by atoms with Crippen molar-refractivity contribution in [2.24, 2.45) is 4.99 Å². The Morgan fingerprint density at radius 2 is 2.15 bits per heavy atom. The molecule has 0 radical (unpaired) electrons. The molecule has 0 aromatic rings. The van der Waals surface area contributed by atoms with Crippen molar-refractivity contribution in [3.63, 3.8) is 0 Å². The number of hydrogen-bond acceptors (Lipinski definition) is 3. The van der Waals surface area contributed by atoms with Gasteiger partial charge in [-0.15, -0.1) is 6.58 Å². The second kappa shape index (κ2) is 10.6. The smallest absolute Gasteiger partial charge is 0.244 e. The number of likely N-dealkylation sites (tertiary alicyclic amines) is 1. The van der Waals surface area contributed by atoms with Gasteiger partial charge in [0.2, 0.25) is 5.91 Å². The highest BCUT2D eigenvalue weighted by Crippen LogP contribution is 2.07. The number of rotatable bonds is 8. The summed E-state index contributed by atoms with van der Waals surface area (Å²) in [5, 5.41) is 6.40. The van der Waals surface area contributed by atoms with E-state index in [4.69, 9.17) is 0 Å². The number of aliphatic imine (C=N–C) groups is 1. The van der Waals surface area contributed by atoms with Crippen LogP contribution in [-0.2, 0) is 4.79 Å². The molecule has 0 spiro atoms. The van der Waals surface area contributed by atoms with Crippen LogP contribution in [0, 0.1) is 0 Å². The Labute approximate surface area is 126 Å². The number of amides is 1. The molecule has 1 rings (SSSR count). The van der Waals surface area contributed by atoms with E-state index in [1.165, 1.54) is 0 Å². The molecule has 1 aliphatic heterocycles. The molecule has 1 heterocycles. The maximum Gasteiger partial charge on any atom is 0.244 e. The van der Waals surface area contributed by atoms with E-state index >= 15 is 0 Å². The maximum absolute atomic E-state index is 11.9. The molecule has 5 nitrogen and oxygen atoms in total. The topological polar surface area (TPSA) is 56.7 Å². The van der Waals surface area contributed by atoms with Crippen LogP contribution in [0.1, 0.15) is 19.8 Å². The van der Waals surface area contributed by atoms with Crippen LogP contribution in [0.3, 0.4) is 0 Å². The molecule has 0 aliphatic carbocycles. The molecule has 1 fully saturated rings. The molecule has 1 saturated heterocycles. The molecule has 0 aromatic carbocycles. The average molecular weight is 298 g/mol. The molecule has 0 unspecified atom stereocenters. The van der Waals surface area contributed by atoms with Crippen LogP contribution in [0.4, 0.5) is 0 Å². The van der Waals surface area contributed by atoms with Crippen LogP contribution in [0.5, 0.6) is 0 Å². The number of thioether (sulfide) groups is 1. The first-order valence-corrected chi connectivity index (χ1v) is 8.42. The summed E-state index contributed by atoms with van der Waals surface area (Å²) < 4.78 is 0. The number of hydrogen-bond donors (Lipinski definition) is 2. The summed E-state index contributed by atoms with van der Waals surface area (Å²) in [6.07, 6.45) is 4.14. The molecular weight excluding hydrogens is 272 g/mol. The molecule has 114 valence electrons. The Hall–Kier alpha value is -1.17. The first-order valence-electron chi connectivity index (χ1n) is 7.26. The lowest BCUT2D eigenvalue weighted by molar-refractivity contribution is -0.128. The van der Waals surface area contributed by atoms with Crippen molar-refractivity contribution in [1.82, 2.24) is 15.5 Å². The minimum atomic E-state index is 0.126. The average Bonchev–Trinajstić information content (AvgIpc) is 2.98. The van der Waals surface area contributed by atoms with Gasteiger partial charge in [-0.25, -0.2) is 4.99 Å². The van der Waals surface area contributed by atoms with Gasteiger partial charge in [0.25, 0.3) is 0 Å². The Morgan fingerprint density at radius 3 is 2.80 bits per heavy atom. The van der Waals surface area contributed by atoms with Crippen LogP contribution in [0.15, 0.2) is 17.6 Å². The summed E-state index contributed by atoms with van der Waals surface area (Å²) in [6.45, 7) is 9.34. The Bertz CT molecular complexity index is 327. The minimum absolute atomic E-state index is 0.126. The van der Waals surface area contributed by atoms with E-state index in [1.807, 2.05) is 29.7 Å².